The van der Waals surface area contributed by atoms with E-state index in [4.69, 9.17) is 0 Å². The maximum absolute atomic E-state index is 12.5. The summed E-state index contributed by atoms with van der Waals surface area (Å²) in [6, 6.07) is 6.47. The molecule has 0 radical (unpaired) electrons. The van der Waals surface area contributed by atoms with Crippen LogP contribution in [0.2, 0.25) is 0 Å². The number of carbonyl (C=O) groups excluding carboxylic acids is 1. The number of nitrogens with one attached hydrogen (secondary N) is 2. The van der Waals surface area contributed by atoms with Crippen molar-refractivity contribution in [3.05, 3.63) is 40.4 Å². The zero-order valence-electron chi connectivity index (χ0n) is 15.2. The van der Waals surface area contributed by atoms with Crippen molar-refractivity contribution in [2.45, 2.75) is 30.0 Å². The van der Waals surface area contributed by atoms with Crippen molar-refractivity contribution in [2.24, 2.45) is 0 Å². The molecule has 0 bridgehead atoms. The average Bonchev–Trinajstić information content (AvgIpc) is 3.21. The molecule has 2 N–H and O–H groups in total. The Kier molecular flexibility index (Phi) is 6.33. The molecule has 0 aliphatic rings. The molecule has 8 nitrogen and oxygen atoms in total. The zero-order valence-corrected chi connectivity index (χ0v) is 18.5. The topological polar surface area (TPSA) is 114 Å². The average molecular weight is 456 g/mol. The fraction of sp³-hybridized carbons (Fsp3) is 0.250. The highest BCUT2D eigenvalue weighted by atomic mass is 32.2. The second-order valence-corrected chi connectivity index (χ2v) is 10.8. The number of thiazole rings is 1. The Balaban J connectivity index is 1.74. The lowest BCUT2D eigenvalue weighted by molar-refractivity contribution is 0.102. The Labute approximate surface area is 174 Å². The molecule has 1 amide bonds. The van der Waals surface area contributed by atoms with E-state index >= 15 is 0 Å². The molecule has 0 aliphatic heterocycles. The van der Waals surface area contributed by atoms with Gasteiger partial charge in [-0.2, -0.15) is 0 Å². The predicted octanol–water partition coefficient (Wildman–Crippen LogP) is 3.78. The molecule has 1 aromatic carbocycles. The molecule has 0 unspecified atom stereocenters. The van der Waals surface area contributed by atoms with Gasteiger partial charge in [0.1, 0.15) is 4.88 Å². The van der Waals surface area contributed by atoms with Crippen LogP contribution < -0.4 is 10.0 Å². The molecule has 0 fully saturated rings. The van der Waals surface area contributed by atoms with Gasteiger partial charge in [-0.15, -0.1) is 10.2 Å². The van der Waals surface area contributed by atoms with Gasteiger partial charge in [0.15, 0.2) is 9.47 Å². The monoisotopic (exact) mass is 455 g/mol. The highest BCUT2D eigenvalue weighted by Gasteiger charge is 2.21. The number of hydrogen-bond acceptors (Lipinski definition) is 9. The van der Waals surface area contributed by atoms with Crippen LogP contribution in [0.25, 0.3) is 0 Å². The van der Waals surface area contributed by atoms with Crippen molar-refractivity contribution in [2.75, 3.05) is 15.8 Å². The standard InChI is InChI=1S/C16H17N5O3S4/c1-4-25-16-20-19-14(27-16)18-13(22)12-10(3)17-15(26-12)21-28(23,24)11-7-5-9(2)6-8-11/h5-8H,4H2,1-3H3,(H,17,21)(H,18,19,22). The highest BCUT2D eigenvalue weighted by Crippen LogP contribution is 2.28. The Morgan fingerprint density at radius 3 is 2.50 bits per heavy atom. The van der Waals surface area contributed by atoms with E-state index in [1.165, 1.54) is 35.2 Å². The van der Waals surface area contributed by atoms with Crippen LogP contribution in [0.4, 0.5) is 10.3 Å². The minimum absolute atomic E-state index is 0.128. The van der Waals surface area contributed by atoms with Gasteiger partial charge in [0, 0.05) is 0 Å². The molecule has 3 rings (SSSR count). The zero-order chi connectivity index (χ0) is 20.3. The lowest BCUT2D eigenvalue weighted by Gasteiger charge is -2.05. The van der Waals surface area contributed by atoms with E-state index in [9.17, 15) is 13.2 Å². The number of anilines is 2. The third-order valence-corrected chi connectivity index (χ3v) is 7.86. The molecule has 12 heteroatoms. The van der Waals surface area contributed by atoms with E-state index in [2.05, 4.69) is 25.2 Å². The second-order valence-electron chi connectivity index (χ2n) is 5.61. The molecule has 28 heavy (non-hydrogen) atoms. The van der Waals surface area contributed by atoms with Crippen LogP contribution in [0.15, 0.2) is 33.5 Å². The van der Waals surface area contributed by atoms with Crippen LogP contribution in [-0.4, -0.2) is 35.3 Å². The Bertz CT molecular complexity index is 1090. The van der Waals surface area contributed by atoms with Crippen LogP contribution >= 0.6 is 34.4 Å². The van der Waals surface area contributed by atoms with E-state index in [0.29, 0.717) is 15.7 Å². The second kappa shape index (κ2) is 8.55. The number of carbonyl (C=O) groups is 1. The Morgan fingerprint density at radius 2 is 1.82 bits per heavy atom. The van der Waals surface area contributed by atoms with Gasteiger partial charge in [0.2, 0.25) is 5.13 Å². The third-order valence-electron chi connectivity index (χ3n) is 3.45. The number of benzene rings is 1. The number of nitrogens with zero attached hydrogens (tertiary/aromatic N) is 3. The van der Waals surface area contributed by atoms with Gasteiger partial charge in [-0.3, -0.25) is 14.8 Å². The summed E-state index contributed by atoms with van der Waals surface area (Å²) < 4.78 is 28.2. The first kappa shape index (κ1) is 20.7. The number of thioether (sulfide) groups is 1. The van der Waals surface area contributed by atoms with E-state index in [0.717, 1.165) is 27.0 Å². The van der Waals surface area contributed by atoms with Gasteiger partial charge in [-0.25, -0.2) is 13.4 Å². The molecule has 0 saturated heterocycles. The Morgan fingerprint density at radius 1 is 1.11 bits per heavy atom. The van der Waals surface area contributed by atoms with Crippen molar-refractivity contribution >= 4 is 60.6 Å². The van der Waals surface area contributed by atoms with E-state index in [1.54, 1.807) is 19.1 Å². The fourth-order valence-corrected chi connectivity index (χ4v) is 5.88. The molecule has 0 spiro atoms. The summed E-state index contributed by atoms with van der Waals surface area (Å²) in [6.07, 6.45) is 0. The molecular weight excluding hydrogens is 438 g/mol. The van der Waals surface area contributed by atoms with Gasteiger partial charge in [0.05, 0.1) is 10.6 Å². The molecule has 2 aromatic heterocycles. The van der Waals surface area contributed by atoms with Gasteiger partial charge in [-0.1, -0.05) is 59.1 Å². The number of aryl methyl sites for hydroxylation is 2. The summed E-state index contributed by atoms with van der Waals surface area (Å²) in [7, 11) is -3.78. The Hall–Kier alpha value is -2.02. The SMILES string of the molecule is CCSc1nnc(NC(=O)c2sc(NS(=O)(=O)c3ccc(C)cc3)nc2C)s1. The van der Waals surface area contributed by atoms with E-state index in [1.807, 2.05) is 13.8 Å². The summed E-state index contributed by atoms with van der Waals surface area (Å²) in [5, 5.41) is 11.1. The number of aromatic nitrogens is 3. The normalized spacial score (nSPS) is 11.4. The van der Waals surface area contributed by atoms with Crippen LogP contribution in [0.5, 0.6) is 0 Å². The largest absolute Gasteiger partial charge is 0.296 e. The van der Waals surface area contributed by atoms with Crippen molar-refractivity contribution < 1.29 is 13.2 Å². The molecule has 3 aromatic rings. The highest BCUT2D eigenvalue weighted by molar-refractivity contribution is 8.01. The number of rotatable bonds is 7. The first-order valence-electron chi connectivity index (χ1n) is 8.13. The molecule has 0 saturated carbocycles. The first-order chi connectivity index (χ1) is 13.3. The van der Waals surface area contributed by atoms with Gasteiger partial charge in [-0.05, 0) is 31.7 Å². The molecule has 2 heterocycles. The molecule has 0 aliphatic carbocycles. The van der Waals surface area contributed by atoms with Crippen molar-refractivity contribution in [3.8, 4) is 0 Å². The first-order valence-corrected chi connectivity index (χ1v) is 12.2. The lowest BCUT2D eigenvalue weighted by atomic mass is 10.2. The van der Waals surface area contributed by atoms with E-state index < -0.39 is 15.9 Å². The summed E-state index contributed by atoms with van der Waals surface area (Å²) >= 11 is 3.79. The quantitative estimate of drug-likeness (QED) is 0.412. The number of hydrogen-bond donors (Lipinski definition) is 2. The summed E-state index contributed by atoms with van der Waals surface area (Å²) in [5.41, 5.74) is 1.39. The number of sulfonamides is 1. The number of amides is 1. The molecular formula is C16H17N5O3S4. The minimum atomic E-state index is -3.78. The van der Waals surface area contributed by atoms with E-state index in [-0.39, 0.29) is 10.0 Å². The molecule has 148 valence electrons. The van der Waals surface area contributed by atoms with Crippen molar-refractivity contribution in [1.29, 1.82) is 0 Å². The van der Waals surface area contributed by atoms with Gasteiger partial charge < -0.3 is 0 Å². The lowest BCUT2D eigenvalue weighted by Crippen LogP contribution is -2.12. The van der Waals surface area contributed by atoms with Crippen LogP contribution in [0.1, 0.15) is 27.9 Å². The summed E-state index contributed by atoms with van der Waals surface area (Å²) in [6.45, 7) is 5.53. The third kappa shape index (κ3) is 4.87. The van der Waals surface area contributed by atoms with Crippen molar-refractivity contribution in [1.82, 2.24) is 15.2 Å². The maximum Gasteiger partial charge on any atom is 0.269 e. The minimum Gasteiger partial charge on any atom is -0.296 e. The smallest absolute Gasteiger partial charge is 0.269 e. The van der Waals surface area contributed by atoms with Crippen LogP contribution in [0.3, 0.4) is 0 Å². The van der Waals surface area contributed by atoms with Gasteiger partial charge in [0.25, 0.3) is 15.9 Å². The summed E-state index contributed by atoms with van der Waals surface area (Å²) in [4.78, 5) is 17.1. The predicted molar refractivity (Wildman–Crippen MR) is 113 cm³/mol. The van der Waals surface area contributed by atoms with Crippen molar-refractivity contribution in [3.63, 3.8) is 0 Å². The van der Waals surface area contributed by atoms with Crippen LogP contribution in [0, 0.1) is 13.8 Å². The van der Waals surface area contributed by atoms with Gasteiger partial charge >= 0.3 is 0 Å². The maximum atomic E-state index is 12.5. The fourth-order valence-electron chi connectivity index (χ4n) is 2.14. The molecule has 0 atom stereocenters. The van der Waals surface area contributed by atoms with Crippen LogP contribution in [-0.2, 0) is 10.0 Å². The summed E-state index contributed by atoms with van der Waals surface area (Å²) in [5.74, 6) is 0.459.